The fourth-order valence-corrected chi connectivity index (χ4v) is 2.14. The number of hydrogen-bond acceptors (Lipinski definition) is 3. The van der Waals surface area contributed by atoms with Crippen molar-refractivity contribution < 1.29 is 9.32 Å². The number of aryl methyl sites for hydroxylation is 2. The molecule has 2 rings (SSSR count). The number of nitrogens with zero attached hydrogens (tertiary/aromatic N) is 1. The lowest BCUT2D eigenvalue weighted by atomic mass is 10.0. The molecule has 5 heteroatoms. The van der Waals surface area contributed by atoms with Gasteiger partial charge in [0.05, 0.1) is 5.69 Å². The van der Waals surface area contributed by atoms with Crippen molar-refractivity contribution in [2.75, 3.05) is 5.32 Å². The fourth-order valence-electron chi connectivity index (χ4n) is 1.97. The number of carbonyl (C=O) groups is 1. The highest BCUT2D eigenvalue weighted by atomic mass is 35.5. The summed E-state index contributed by atoms with van der Waals surface area (Å²) in [4.78, 5) is 12.4. The van der Waals surface area contributed by atoms with Crippen LogP contribution >= 0.6 is 11.6 Å². The molecule has 0 spiro atoms. The van der Waals surface area contributed by atoms with Gasteiger partial charge in [0.2, 0.25) is 0 Å². The van der Waals surface area contributed by atoms with Gasteiger partial charge in [0, 0.05) is 16.6 Å². The van der Waals surface area contributed by atoms with E-state index in [1.165, 1.54) is 0 Å². The van der Waals surface area contributed by atoms with Crippen LogP contribution in [0.5, 0.6) is 0 Å². The van der Waals surface area contributed by atoms with Gasteiger partial charge < -0.3 is 9.84 Å². The van der Waals surface area contributed by atoms with Crippen LogP contribution in [0.1, 0.15) is 47.1 Å². The number of rotatable bonds is 3. The Morgan fingerprint density at radius 3 is 2.70 bits per heavy atom. The maximum atomic E-state index is 12.4. The molecule has 1 heterocycles. The van der Waals surface area contributed by atoms with E-state index in [4.69, 9.17) is 16.1 Å². The predicted molar refractivity (Wildman–Crippen MR) is 79.5 cm³/mol. The molecule has 1 amide bonds. The molecule has 0 aliphatic carbocycles. The Labute approximate surface area is 123 Å². The number of halogens is 1. The molecule has 0 bridgehead atoms. The van der Waals surface area contributed by atoms with Crippen molar-refractivity contribution in [2.45, 2.75) is 33.6 Å². The van der Waals surface area contributed by atoms with E-state index in [0.29, 0.717) is 27.7 Å². The van der Waals surface area contributed by atoms with Gasteiger partial charge >= 0.3 is 0 Å². The minimum atomic E-state index is -0.224. The van der Waals surface area contributed by atoms with Gasteiger partial charge in [-0.25, -0.2) is 0 Å². The van der Waals surface area contributed by atoms with Crippen LogP contribution in [0.3, 0.4) is 0 Å². The van der Waals surface area contributed by atoms with Gasteiger partial charge in [-0.05, 0) is 31.5 Å². The Bertz CT molecular complexity index is 647. The number of carbonyl (C=O) groups excluding carboxylic acids is 1. The number of aromatic nitrogens is 1. The molecule has 0 fully saturated rings. The molecule has 0 aliphatic rings. The van der Waals surface area contributed by atoms with Crippen LogP contribution in [-0.2, 0) is 0 Å². The molecule has 0 aliphatic heterocycles. The summed E-state index contributed by atoms with van der Waals surface area (Å²) < 4.78 is 5.23. The quantitative estimate of drug-likeness (QED) is 0.916. The van der Waals surface area contributed by atoms with E-state index in [9.17, 15) is 4.79 Å². The Kier molecular flexibility index (Phi) is 4.14. The Morgan fingerprint density at radius 1 is 1.35 bits per heavy atom. The molecule has 20 heavy (non-hydrogen) atoms. The molecule has 0 saturated heterocycles. The summed E-state index contributed by atoms with van der Waals surface area (Å²) in [6, 6.07) is 5.38. The van der Waals surface area contributed by atoms with Gasteiger partial charge in [-0.3, -0.25) is 4.79 Å². The summed E-state index contributed by atoms with van der Waals surface area (Å²) in [5.74, 6) is 0.468. The summed E-state index contributed by atoms with van der Waals surface area (Å²) in [5, 5.41) is 7.33. The molecule has 1 N–H and O–H groups in total. The average Bonchev–Trinajstić information content (AvgIpc) is 2.76. The number of hydrogen-bond donors (Lipinski definition) is 1. The first-order valence-corrected chi connectivity index (χ1v) is 6.81. The first-order chi connectivity index (χ1) is 9.40. The number of anilines is 1. The van der Waals surface area contributed by atoms with Gasteiger partial charge in [-0.2, -0.15) is 0 Å². The Balaban J connectivity index is 2.33. The lowest BCUT2D eigenvalue weighted by Gasteiger charge is -2.10. The molecule has 0 atom stereocenters. The van der Waals surface area contributed by atoms with Crippen LogP contribution in [0, 0.1) is 13.8 Å². The largest absolute Gasteiger partial charge is 0.360 e. The van der Waals surface area contributed by atoms with Gasteiger partial charge in [0.15, 0.2) is 5.76 Å². The number of nitrogens with one attached hydrogen (secondary N) is 1. The molecule has 0 radical (unpaired) electrons. The maximum Gasteiger partial charge on any atom is 0.261 e. The van der Waals surface area contributed by atoms with Crippen LogP contribution < -0.4 is 5.32 Å². The Morgan fingerprint density at radius 2 is 2.05 bits per heavy atom. The molecule has 2 aromatic rings. The first kappa shape index (κ1) is 14.6. The number of amides is 1. The van der Waals surface area contributed by atoms with E-state index in [2.05, 4.69) is 10.5 Å². The highest BCUT2D eigenvalue weighted by Crippen LogP contribution is 2.25. The van der Waals surface area contributed by atoms with E-state index in [1.54, 1.807) is 19.1 Å². The van der Waals surface area contributed by atoms with Crippen LogP contribution in [-0.4, -0.2) is 11.1 Å². The fraction of sp³-hybridized carbons (Fsp3) is 0.333. The average molecular weight is 293 g/mol. The second-order valence-electron chi connectivity index (χ2n) is 5.08. The minimum absolute atomic E-state index is 0.0948. The van der Waals surface area contributed by atoms with Gasteiger partial charge in [-0.1, -0.05) is 36.7 Å². The summed E-state index contributed by atoms with van der Waals surface area (Å²) in [6.07, 6.45) is 0. The summed E-state index contributed by atoms with van der Waals surface area (Å²) in [7, 11) is 0. The SMILES string of the molecule is Cc1ccc(Cl)cc1NC(=O)c1c(C)noc1C(C)C. The summed E-state index contributed by atoms with van der Waals surface area (Å²) in [6.45, 7) is 7.59. The molecule has 1 aromatic carbocycles. The summed E-state index contributed by atoms with van der Waals surface area (Å²) in [5.41, 5.74) is 2.73. The van der Waals surface area contributed by atoms with Crippen LogP contribution in [0.4, 0.5) is 5.69 Å². The lowest BCUT2D eigenvalue weighted by Crippen LogP contribution is -2.15. The van der Waals surface area contributed by atoms with E-state index in [-0.39, 0.29) is 11.8 Å². The second-order valence-corrected chi connectivity index (χ2v) is 5.51. The van der Waals surface area contributed by atoms with E-state index in [0.717, 1.165) is 5.56 Å². The molecule has 106 valence electrons. The van der Waals surface area contributed by atoms with E-state index in [1.807, 2.05) is 26.8 Å². The highest BCUT2D eigenvalue weighted by Gasteiger charge is 2.22. The lowest BCUT2D eigenvalue weighted by molar-refractivity contribution is 0.102. The second kappa shape index (κ2) is 5.67. The normalized spacial score (nSPS) is 10.9. The van der Waals surface area contributed by atoms with Gasteiger partial charge in [0.25, 0.3) is 5.91 Å². The first-order valence-electron chi connectivity index (χ1n) is 6.43. The van der Waals surface area contributed by atoms with Gasteiger partial charge in [0.1, 0.15) is 5.56 Å². The molecule has 4 nitrogen and oxygen atoms in total. The minimum Gasteiger partial charge on any atom is -0.360 e. The van der Waals surface area contributed by atoms with Crippen molar-refractivity contribution in [3.63, 3.8) is 0 Å². The van der Waals surface area contributed by atoms with Crippen LogP contribution in [0.25, 0.3) is 0 Å². The highest BCUT2D eigenvalue weighted by molar-refractivity contribution is 6.31. The third kappa shape index (κ3) is 2.85. The van der Waals surface area contributed by atoms with Crippen molar-refractivity contribution in [3.05, 3.63) is 45.8 Å². The van der Waals surface area contributed by atoms with Crippen molar-refractivity contribution >= 4 is 23.2 Å². The molecule has 0 unspecified atom stereocenters. The zero-order valence-corrected chi connectivity index (χ0v) is 12.7. The summed E-state index contributed by atoms with van der Waals surface area (Å²) >= 11 is 5.96. The monoisotopic (exact) mass is 292 g/mol. The van der Waals surface area contributed by atoms with E-state index < -0.39 is 0 Å². The van der Waals surface area contributed by atoms with Gasteiger partial charge in [-0.15, -0.1) is 0 Å². The molecule has 0 saturated carbocycles. The van der Waals surface area contributed by atoms with Crippen molar-refractivity contribution in [1.29, 1.82) is 0 Å². The standard InChI is InChI=1S/C15H17ClN2O2/c1-8(2)14-13(10(4)18-20-14)15(19)17-12-7-11(16)6-5-9(12)3/h5-8H,1-4H3,(H,17,19). The maximum absolute atomic E-state index is 12.4. The van der Waals surface area contributed by atoms with E-state index >= 15 is 0 Å². The van der Waals surface area contributed by atoms with Crippen LogP contribution in [0.15, 0.2) is 22.7 Å². The smallest absolute Gasteiger partial charge is 0.261 e. The van der Waals surface area contributed by atoms with Crippen molar-refractivity contribution in [3.8, 4) is 0 Å². The van der Waals surface area contributed by atoms with Crippen molar-refractivity contribution in [1.82, 2.24) is 5.16 Å². The predicted octanol–water partition coefficient (Wildman–Crippen LogP) is 4.32. The zero-order chi connectivity index (χ0) is 14.9. The van der Waals surface area contributed by atoms with Crippen LogP contribution in [0.2, 0.25) is 5.02 Å². The third-order valence-electron chi connectivity index (χ3n) is 3.09. The molecular weight excluding hydrogens is 276 g/mol. The van der Waals surface area contributed by atoms with Crippen molar-refractivity contribution in [2.24, 2.45) is 0 Å². The zero-order valence-electron chi connectivity index (χ0n) is 12.0. The molecular formula is C15H17ClN2O2. The Hall–Kier alpha value is -1.81. The third-order valence-corrected chi connectivity index (χ3v) is 3.32. The topological polar surface area (TPSA) is 55.1 Å². The number of benzene rings is 1. The molecule has 1 aromatic heterocycles.